The van der Waals surface area contributed by atoms with Gasteiger partial charge in [0, 0.05) is 6.07 Å². The highest BCUT2D eigenvalue weighted by Crippen LogP contribution is 2.26. The third kappa shape index (κ3) is 2.25. The molecule has 1 N–H and O–H groups in total. The van der Waals surface area contributed by atoms with Crippen LogP contribution < -0.4 is 4.72 Å². The van der Waals surface area contributed by atoms with Crippen molar-refractivity contribution < 1.29 is 12.8 Å². The minimum atomic E-state index is -3.47. The molecule has 7 heteroatoms. The van der Waals surface area contributed by atoms with Crippen LogP contribution in [0.25, 0.3) is 0 Å². The van der Waals surface area contributed by atoms with Gasteiger partial charge >= 0.3 is 0 Å². The molecule has 0 aliphatic carbocycles. The molecule has 0 radical (unpaired) electrons. The van der Waals surface area contributed by atoms with Gasteiger partial charge in [0.2, 0.25) is 10.0 Å². The molecule has 1 aromatic heterocycles. The van der Waals surface area contributed by atoms with Crippen LogP contribution in [0.2, 0.25) is 0 Å². The quantitative estimate of drug-likeness (QED) is 0.861. The lowest BCUT2D eigenvalue weighted by Crippen LogP contribution is -2.18. The fourth-order valence-corrected chi connectivity index (χ4v) is 2.61. The van der Waals surface area contributed by atoms with Crippen LogP contribution in [-0.4, -0.2) is 15.5 Å². The van der Waals surface area contributed by atoms with Crippen LogP contribution in [0.4, 0.5) is 0 Å². The number of furan rings is 1. The summed E-state index contributed by atoms with van der Waals surface area (Å²) in [7, 11) is -2.14. The molecule has 4 nitrogen and oxygen atoms in total. The molecule has 0 unspecified atom stereocenters. The molecule has 0 fully saturated rings. The van der Waals surface area contributed by atoms with Gasteiger partial charge in [0.05, 0.1) is 5.88 Å². The molecule has 1 rings (SSSR count). The number of sulfonamides is 1. The smallest absolute Gasteiger partial charge is 0.244 e. The van der Waals surface area contributed by atoms with Crippen LogP contribution in [0.5, 0.6) is 0 Å². The molecule has 0 spiro atoms. The highest BCUT2D eigenvalue weighted by atomic mass is 79.9. The average molecular weight is 289 g/mol. The van der Waals surface area contributed by atoms with Crippen LogP contribution in [0.15, 0.2) is 20.0 Å². The Bertz CT molecular complexity index is 400. The summed E-state index contributed by atoms with van der Waals surface area (Å²) in [5.41, 5.74) is 0. The van der Waals surface area contributed by atoms with Gasteiger partial charge in [-0.1, -0.05) is 0 Å². The topological polar surface area (TPSA) is 59.3 Å². The minimum Gasteiger partial charge on any atom is -0.452 e. The first-order chi connectivity index (χ1) is 6.01. The van der Waals surface area contributed by atoms with E-state index >= 15 is 0 Å². The summed E-state index contributed by atoms with van der Waals surface area (Å²) in [6.07, 6.45) is 0. The molecule has 1 aromatic rings. The Morgan fingerprint density at radius 3 is 2.69 bits per heavy atom. The summed E-state index contributed by atoms with van der Waals surface area (Å²) >= 11 is 8.47. The summed E-state index contributed by atoms with van der Waals surface area (Å²) in [6.45, 7) is 0. The summed E-state index contributed by atoms with van der Waals surface area (Å²) in [5.74, 6) is 0.542. The van der Waals surface area contributed by atoms with Crippen molar-refractivity contribution in [2.75, 3.05) is 7.05 Å². The second-order valence-corrected chi connectivity index (χ2v) is 5.03. The molecule has 0 aliphatic heterocycles. The van der Waals surface area contributed by atoms with E-state index in [1.54, 1.807) is 0 Å². The molecular formula is C6H7BrClNO3S. The predicted molar refractivity (Wildman–Crippen MR) is 52.2 cm³/mol. The van der Waals surface area contributed by atoms with Gasteiger partial charge in [0.1, 0.15) is 10.7 Å². The number of nitrogens with one attached hydrogen (secondary N) is 1. The molecule has 0 aliphatic rings. The molecule has 0 aromatic carbocycles. The maximum atomic E-state index is 11.3. The van der Waals surface area contributed by atoms with Crippen molar-refractivity contribution in [2.24, 2.45) is 0 Å². The lowest BCUT2D eigenvalue weighted by Gasteiger charge is -1.96. The van der Waals surface area contributed by atoms with Crippen molar-refractivity contribution in [2.45, 2.75) is 10.8 Å². The van der Waals surface area contributed by atoms with Gasteiger partial charge in [-0.05, 0) is 23.0 Å². The molecule has 0 atom stereocenters. The zero-order chi connectivity index (χ0) is 10.1. The lowest BCUT2D eigenvalue weighted by atomic mass is 10.5. The summed E-state index contributed by atoms with van der Waals surface area (Å²) in [4.78, 5) is 0.0608. The van der Waals surface area contributed by atoms with Crippen LogP contribution in [-0.2, 0) is 15.9 Å². The Kier molecular flexibility index (Phi) is 3.39. The Morgan fingerprint density at radius 2 is 2.31 bits per heavy atom. The maximum absolute atomic E-state index is 11.3. The van der Waals surface area contributed by atoms with Crippen molar-refractivity contribution in [3.05, 3.63) is 16.5 Å². The van der Waals surface area contributed by atoms with E-state index in [1.807, 2.05) is 0 Å². The molecule has 0 saturated heterocycles. The van der Waals surface area contributed by atoms with Crippen molar-refractivity contribution in [1.82, 2.24) is 4.72 Å². The Labute approximate surface area is 89.4 Å². The fourth-order valence-electron chi connectivity index (χ4n) is 0.757. The van der Waals surface area contributed by atoms with Crippen LogP contribution in [0.1, 0.15) is 5.76 Å². The Hall–Kier alpha value is -0.0400. The standard InChI is InChI=1S/C6H7BrClNO3S/c1-9-13(10,11)5-2-4(3-8)12-6(5)7/h2,9H,3H2,1H3. The highest BCUT2D eigenvalue weighted by Gasteiger charge is 2.20. The second kappa shape index (κ2) is 4.00. The SMILES string of the molecule is CNS(=O)(=O)c1cc(CCl)oc1Br. The van der Waals surface area contributed by atoms with E-state index in [0.717, 1.165) is 0 Å². The van der Waals surface area contributed by atoms with Crippen molar-refractivity contribution in [3.63, 3.8) is 0 Å². The molecule has 0 amide bonds. The van der Waals surface area contributed by atoms with Crippen molar-refractivity contribution >= 4 is 37.6 Å². The van der Waals surface area contributed by atoms with Crippen molar-refractivity contribution in [1.29, 1.82) is 0 Å². The van der Waals surface area contributed by atoms with Crippen LogP contribution >= 0.6 is 27.5 Å². The van der Waals surface area contributed by atoms with E-state index < -0.39 is 10.0 Å². The minimum absolute atomic E-state index is 0.0608. The summed E-state index contributed by atoms with van der Waals surface area (Å²) < 4.78 is 30.0. The number of hydrogen-bond acceptors (Lipinski definition) is 3. The van der Waals surface area contributed by atoms with Crippen molar-refractivity contribution in [3.8, 4) is 0 Å². The summed E-state index contributed by atoms with van der Waals surface area (Å²) in [6, 6.07) is 1.38. The van der Waals surface area contributed by atoms with E-state index in [4.69, 9.17) is 16.0 Å². The first-order valence-corrected chi connectivity index (χ1v) is 6.10. The van der Waals surface area contributed by atoms with Gasteiger partial charge in [-0.25, -0.2) is 13.1 Å². The number of alkyl halides is 1. The van der Waals surface area contributed by atoms with E-state index in [1.165, 1.54) is 13.1 Å². The van der Waals surface area contributed by atoms with Gasteiger partial charge in [-0.15, -0.1) is 11.6 Å². The van der Waals surface area contributed by atoms with Gasteiger partial charge in [-0.3, -0.25) is 0 Å². The third-order valence-electron chi connectivity index (χ3n) is 1.40. The fraction of sp³-hybridized carbons (Fsp3) is 0.333. The lowest BCUT2D eigenvalue weighted by molar-refractivity contribution is 0.497. The van der Waals surface area contributed by atoms with Crippen LogP contribution in [0.3, 0.4) is 0 Å². The monoisotopic (exact) mass is 287 g/mol. The van der Waals surface area contributed by atoms with E-state index in [9.17, 15) is 8.42 Å². The molecule has 0 bridgehead atoms. The molecule has 0 saturated carbocycles. The second-order valence-electron chi connectivity index (χ2n) is 2.19. The maximum Gasteiger partial charge on any atom is 0.244 e. The zero-order valence-electron chi connectivity index (χ0n) is 6.67. The first kappa shape index (κ1) is 11.0. The molecule has 13 heavy (non-hydrogen) atoms. The van der Waals surface area contributed by atoms with Gasteiger partial charge in [0.15, 0.2) is 4.67 Å². The normalized spacial score (nSPS) is 11.9. The molecular weight excluding hydrogens is 281 g/mol. The molecule has 74 valence electrons. The van der Waals surface area contributed by atoms with Gasteiger partial charge in [-0.2, -0.15) is 0 Å². The van der Waals surface area contributed by atoms with E-state index in [0.29, 0.717) is 5.76 Å². The zero-order valence-corrected chi connectivity index (χ0v) is 9.83. The third-order valence-corrected chi connectivity index (χ3v) is 3.93. The average Bonchev–Trinajstić information content (AvgIpc) is 2.47. The largest absolute Gasteiger partial charge is 0.452 e. The molecule has 1 heterocycles. The van der Waals surface area contributed by atoms with E-state index in [-0.39, 0.29) is 15.4 Å². The number of hydrogen-bond donors (Lipinski definition) is 1. The highest BCUT2D eigenvalue weighted by molar-refractivity contribution is 9.10. The Balaban J connectivity index is 3.23. The Morgan fingerprint density at radius 1 is 1.69 bits per heavy atom. The number of rotatable bonds is 3. The van der Waals surface area contributed by atoms with E-state index in [2.05, 4.69) is 20.7 Å². The number of halogens is 2. The predicted octanol–water partition coefficient (Wildman–Crippen LogP) is 1.69. The van der Waals surface area contributed by atoms with Gasteiger partial charge in [0.25, 0.3) is 0 Å². The summed E-state index contributed by atoms with van der Waals surface area (Å²) in [5, 5.41) is 0. The first-order valence-electron chi connectivity index (χ1n) is 3.29. The van der Waals surface area contributed by atoms with Gasteiger partial charge < -0.3 is 4.42 Å². The van der Waals surface area contributed by atoms with Crippen LogP contribution in [0, 0.1) is 0 Å².